The number of hydrogen-bond donors (Lipinski definition) is 1. The topological polar surface area (TPSA) is 46.5 Å². The number of ketones is 1. The first-order valence-electron chi connectivity index (χ1n) is 12.0. The van der Waals surface area contributed by atoms with Crippen molar-refractivity contribution in [1.82, 2.24) is 0 Å². The van der Waals surface area contributed by atoms with Crippen LogP contribution < -0.4 is 0 Å². The van der Waals surface area contributed by atoms with E-state index < -0.39 is 11.5 Å². The van der Waals surface area contributed by atoms with Crippen LogP contribution in [-0.2, 0) is 9.53 Å². The van der Waals surface area contributed by atoms with E-state index in [2.05, 4.69) is 41.5 Å². The van der Waals surface area contributed by atoms with Gasteiger partial charge in [-0.2, -0.15) is 0 Å². The second kappa shape index (κ2) is 8.38. The molecule has 2 unspecified atom stereocenters. The van der Waals surface area contributed by atoms with Crippen molar-refractivity contribution in [3.8, 4) is 0 Å². The summed E-state index contributed by atoms with van der Waals surface area (Å²) in [5.74, 6) is 2.32. The van der Waals surface area contributed by atoms with E-state index in [1.165, 1.54) is 12.8 Å². The summed E-state index contributed by atoms with van der Waals surface area (Å²) in [4.78, 5) is 14.1. The van der Waals surface area contributed by atoms with E-state index in [1.54, 1.807) is 0 Å². The van der Waals surface area contributed by atoms with Crippen molar-refractivity contribution in [1.29, 1.82) is 0 Å². The smallest absolute Gasteiger partial charge is 0.170 e. The number of aliphatic hydroxyl groups excluding tert-OH is 1. The number of aliphatic hydroxyl groups is 1. The number of unbranched alkanes of at least 4 members (excludes halogenated alkanes) is 2. The molecule has 3 nitrogen and oxygen atoms in total. The summed E-state index contributed by atoms with van der Waals surface area (Å²) in [7, 11) is 0. The summed E-state index contributed by atoms with van der Waals surface area (Å²) in [6.45, 7) is 14.3. The summed E-state index contributed by atoms with van der Waals surface area (Å²) in [6, 6.07) is 0. The first kappa shape index (κ1) is 22.3. The maximum atomic E-state index is 14.1. The Morgan fingerprint density at radius 2 is 1.71 bits per heavy atom. The Balaban J connectivity index is 2.01. The van der Waals surface area contributed by atoms with Crippen LogP contribution in [0, 0.1) is 40.4 Å². The lowest BCUT2D eigenvalue weighted by Gasteiger charge is -2.59. The van der Waals surface area contributed by atoms with Gasteiger partial charge in [0.1, 0.15) is 6.10 Å². The molecule has 3 saturated carbocycles. The van der Waals surface area contributed by atoms with Crippen molar-refractivity contribution in [3.63, 3.8) is 0 Å². The molecular formula is C25H44O3. The van der Waals surface area contributed by atoms with E-state index in [0.29, 0.717) is 24.4 Å². The summed E-state index contributed by atoms with van der Waals surface area (Å²) in [6.07, 6.45) is 7.73. The number of carbonyl (C=O) groups is 1. The largest absolute Gasteiger partial charge is 0.392 e. The van der Waals surface area contributed by atoms with Crippen molar-refractivity contribution >= 4 is 5.78 Å². The number of rotatable bonds is 5. The summed E-state index contributed by atoms with van der Waals surface area (Å²) in [5, 5.41) is 11.1. The van der Waals surface area contributed by atoms with E-state index in [-0.39, 0.29) is 29.1 Å². The van der Waals surface area contributed by atoms with Crippen LogP contribution in [0.25, 0.3) is 0 Å². The molecule has 0 aliphatic heterocycles. The van der Waals surface area contributed by atoms with E-state index >= 15 is 0 Å². The van der Waals surface area contributed by atoms with Crippen LogP contribution in [0.5, 0.6) is 0 Å². The molecule has 162 valence electrons. The van der Waals surface area contributed by atoms with Gasteiger partial charge in [-0.15, -0.1) is 0 Å². The lowest BCUT2D eigenvalue weighted by Crippen LogP contribution is -2.62. The van der Waals surface area contributed by atoms with Crippen molar-refractivity contribution in [2.24, 2.45) is 40.4 Å². The molecule has 1 N–H and O–H groups in total. The molecule has 0 aromatic rings. The third-order valence-corrected chi connectivity index (χ3v) is 9.24. The standard InChI is InChI=1S/C25H44O3/c1-7-8-9-14-28-22-21-17(3)10-12-18(24(21,4)5)15-19-16(2)11-13-20(26)25(19,6)23(22)27/h16-22,26H,7-15H2,1-6H3/t16-,17-,18+,19-,20?,21-,22?,25+/m1/s1. The van der Waals surface area contributed by atoms with Gasteiger partial charge in [-0.05, 0) is 68.1 Å². The fourth-order valence-corrected chi connectivity index (χ4v) is 7.23. The number of fused-ring (bicyclic) bond motifs is 3. The molecule has 0 saturated heterocycles. The van der Waals surface area contributed by atoms with E-state index in [0.717, 1.165) is 38.5 Å². The van der Waals surface area contributed by atoms with Crippen molar-refractivity contribution in [3.05, 3.63) is 0 Å². The molecule has 0 amide bonds. The lowest BCUT2D eigenvalue weighted by molar-refractivity contribution is -0.186. The zero-order chi connectivity index (χ0) is 20.7. The van der Waals surface area contributed by atoms with Gasteiger partial charge in [0, 0.05) is 12.5 Å². The highest BCUT2D eigenvalue weighted by Crippen LogP contribution is 2.59. The lowest BCUT2D eigenvalue weighted by atomic mass is 9.47. The van der Waals surface area contributed by atoms with Crippen LogP contribution >= 0.6 is 0 Å². The molecular weight excluding hydrogens is 348 g/mol. The van der Waals surface area contributed by atoms with Gasteiger partial charge in [0.05, 0.1) is 11.5 Å². The van der Waals surface area contributed by atoms with Gasteiger partial charge in [-0.25, -0.2) is 0 Å². The van der Waals surface area contributed by atoms with Gasteiger partial charge < -0.3 is 9.84 Å². The monoisotopic (exact) mass is 392 g/mol. The summed E-state index contributed by atoms with van der Waals surface area (Å²) < 4.78 is 6.46. The molecule has 0 spiro atoms. The Kier molecular flexibility index (Phi) is 6.67. The molecule has 0 aromatic carbocycles. The van der Waals surface area contributed by atoms with Gasteiger partial charge in [-0.3, -0.25) is 4.79 Å². The minimum atomic E-state index is -0.656. The highest BCUT2D eigenvalue weighted by molar-refractivity contribution is 5.90. The summed E-state index contributed by atoms with van der Waals surface area (Å²) >= 11 is 0. The van der Waals surface area contributed by atoms with Crippen LogP contribution in [0.4, 0.5) is 0 Å². The minimum absolute atomic E-state index is 0.103. The second-order valence-corrected chi connectivity index (χ2v) is 11.2. The highest BCUT2D eigenvalue weighted by Gasteiger charge is 2.61. The Bertz CT molecular complexity index is 556. The van der Waals surface area contributed by atoms with E-state index in [1.807, 2.05) is 0 Å². The predicted molar refractivity (Wildman–Crippen MR) is 114 cm³/mol. The average molecular weight is 393 g/mol. The second-order valence-electron chi connectivity index (χ2n) is 11.2. The molecule has 8 atom stereocenters. The van der Waals surface area contributed by atoms with Crippen LogP contribution in [0.1, 0.15) is 92.9 Å². The molecule has 0 heterocycles. The Morgan fingerprint density at radius 3 is 2.39 bits per heavy atom. The van der Waals surface area contributed by atoms with Crippen molar-refractivity contribution in [2.45, 2.75) is 105 Å². The fourth-order valence-electron chi connectivity index (χ4n) is 7.23. The van der Waals surface area contributed by atoms with Crippen LogP contribution in [0.15, 0.2) is 0 Å². The zero-order valence-corrected chi connectivity index (χ0v) is 19.2. The Morgan fingerprint density at radius 1 is 1.04 bits per heavy atom. The predicted octanol–water partition coefficient (Wildman–Crippen LogP) is 5.64. The van der Waals surface area contributed by atoms with Gasteiger partial charge in [0.15, 0.2) is 5.78 Å². The number of ether oxygens (including phenoxy) is 1. The maximum absolute atomic E-state index is 14.1. The maximum Gasteiger partial charge on any atom is 0.170 e. The van der Waals surface area contributed by atoms with Gasteiger partial charge in [0.2, 0.25) is 0 Å². The van der Waals surface area contributed by atoms with Crippen LogP contribution in [-0.4, -0.2) is 29.7 Å². The highest BCUT2D eigenvalue weighted by atomic mass is 16.5. The van der Waals surface area contributed by atoms with Crippen LogP contribution in [0.2, 0.25) is 0 Å². The Labute approximate surface area is 173 Å². The van der Waals surface area contributed by atoms with Crippen molar-refractivity contribution in [2.75, 3.05) is 6.61 Å². The first-order valence-corrected chi connectivity index (χ1v) is 12.0. The molecule has 3 fully saturated rings. The average Bonchev–Trinajstić information content (AvgIpc) is 2.64. The molecule has 28 heavy (non-hydrogen) atoms. The van der Waals surface area contributed by atoms with Gasteiger partial charge in [0.25, 0.3) is 0 Å². The first-order chi connectivity index (χ1) is 13.2. The molecule has 3 heteroatoms. The molecule has 0 radical (unpaired) electrons. The molecule has 3 rings (SSSR count). The molecule has 2 bridgehead atoms. The van der Waals surface area contributed by atoms with E-state index in [9.17, 15) is 9.90 Å². The van der Waals surface area contributed by atoms with Crippen LogP contribution in [0.3, 0.4) is 0 Å². The zero-order valence-electron chi connectivity index (χ0n) is 19.2. The molecule has 0 aromatic heterocycles. The summed E-state index contributed by atoms with van der Waals surface area (Å²) in [5.41, 5.74) is -0.552. The third kappa shape index (κ3) is 3.60. The molecule has 3 aliphatic rings. The minimum Gasteiger partial charge on any atom is -0.392 e. The molecule has 3 aliphatic carbocycles. The fraction of sp³-hybridized carbons (Fsp3) is 0.960. The van der Waals surface area contributed by atoms with E-state index in [4.69, 9.17) is 4.74 Å². The number of Topliss-reactive ketones (excluding diaryl/α,β-unsaturated/α-hetero) is 1. The SMILES string of the molecule is CCCCCOC1C(=O)[C@]2(C)C(O)CC[C@@H](C)[C@H]2C[C@@H]2CC[C@@H](C)[C@H]1C2(C)C. The third-order valence-electron chi connectivity index (χ3n) is 9.24. The quantitative estimate of drug-likeness (QED) is 0.616. The Hall–Kier alpha value is -0.410. The van der Waals surface area contributed by atoms with Gasteiger partial charge in [-0.1, -0.05) is 53.9 Å². The normalized spacial score (nSPS) is 45.8. The number of carbonyl (C=O) groups excluding carboxylic acids is 1. The number of hydrogen-bond acceptors (Lipinski definition) is 3. The van der Waals surface area contributed by atoms with Gasteiger partial charge >= 0.3 is 0 Å². The van der Waals surface area contributed by atoms with Crippen molar-refractivity contribution < 1.29 is 14.6 Å².